The van der Waals surface area contributed by atoms with Gasteiger partial charge in [0.1, 0.15) is 5.70 Å². The number of benzene rings is 1. The van der Waals surface area contributed by atoms with Crippen LogP contribution in [0.4, 0.5) is 0 Å². The van der Waals surface area contributed by atoms with E-state index in [9.17, 15) is 9.59 Å². The Morgan fingerprint density at radius 1 is 1.10 bits per heavy atom. The zero-order chi connectivity index (χ0) is 21.6. The second-order valence-corrected chi connectivity index (χ2v) is 9.30. The van der Waals surface area contributed by atoms with Crippen molar-refractivity contribution in [2.24, 2.45) is 4.99 Å². The van der Waals surface area contributed by atoms with Gasteiger partial charge < -0.3 is 4.90 Å². The van der Waals surface area contributed by atoms with Crippen molar-refractivity contribution in [2.75, 3.05) is 18.8 Å². The number of hydrogen-bond acceptors (Lipinski definition) is 5. The normalized spacial score (nSPS) is 21.3. The molecule has 4 rings (SSSR count). The molecular weight excluding hydrogens is 408 g/mol. The Balaban J connectivity index is 1.55. The van der Waals surface area contributed by atoms with Gasteiger partial charge in [-0.25, -0.2) is 4.99 Å². The smallest absolute Gasteiger partial charge is 0.278 e. The average Bonchev–Trinajstić information content (AvgIpc) is 3.34. The summed E-state index contributed by atoms with van der Waals surface area (Å²) in [6.07, 6.45) is 10.5. The van der Waals surface area contributed by atoms with Gasteiger partial charge in [-0.1, -0.05) is 49.6 Å². The fourth-order valence-corrected chi connectivity index (χ4v) is 5.41. The highest BCUT2D eigenvalue weighted by Gasteiger charge is 2.36. The highest BCUT2D eigenvalue weighted by molar-refractivity contribution is 8.14. The molecule has 0 N–H and O–H groups in total. The van der Waals surface area contributed by atoms with Crippen LogP contribution in [0.15, 0.2) is 35.0 Å². The quantitative estimate of drug-likeness (QED) is 0.524. The average molecular weight is 437 g/mol. The molecule has 2 aliphatic heterocycles. The minimum absolute atomic E-state index is 0.0765. The van der Waals surface area contributed by atoms with Gasteiger partial charge in [-0.2, -0.15) is 5.26 Å². The molecule has 31 heavy (non-hydrogen) atoms. The summed E-state index contributed by atoms with van der Waals surface area (Å²) in [5, 5.41) is 9.65. The van der Waals surface area contributed by atoms with Crippen LogP contribution in [0.2, 0.25) is 0 Å². The summed E-state index contributed by atoms with van der Waals surface area (Å²) in [7, 11) is 0. The molecule has 0 unspecified atom stereocenters. The predicted octanol–water partition coefficient (Wildman–Crippen LogP) is 4.18. The van der Waals surface area contributed by atoms with E-state index in [2.05, 4.69) is 11.1 Å². The maximum absolute atomic E-state index is 13.3. The van der Waals surface area contributed by atoms with E-state index in [1.165, 1.54) is 24.6 Å². The van der Waals surface area contributed by atoms with Crippen molar-refractivity contribution >= 4 is 34.8 Å². The van der Waals surface area contributed by atoms with E-state index in [1.54, 1.807) is 18.2 Å². The van der Waals surface area contributed by atoms with Gasteiger partial charge in [0, 0.05) is 19.1 Å². The molecule has 2 heterocycles. The third-order valence-electron chi connectivity index (χ3n) is 6.18. The number of rotatable bonds is 4. The Morgan fingerprint density at radius 2 is 1.77 bits per heavy atom. The lowest BCUT2D eigenvalue weighted by Crippen LogP contribution is -2.40. The number of carbonyl (C=O) groups is 2. The van der Waals surface area contributed by atoms with Crippen molar-refractivity contribution in [3.63, 3.8) is 0 Å². The fraction of sp³-hybridized carbons (Fsp3) is 0.500. The van der Waals surface area contributed by atoms with Gasteiger partial charge in [0.2, 0.25) is 5.91 Å². The number of hydrogen-bond donors (Lipinski definition) is 0. The van der Waals surface area contributed by atoms with Gasteiger partial charge >= 0.3 is 0 Å². The number of aliphatic imine (C=N–C) groups is 1. The zero-order valence-electron chi connectivity index (χ0n) is 17.8. The van der Waals surface area contributed by atoms with Gasteiger partial charge in [-0.05, 0) is 49.5 Å². The van der Waals surface area contributed by atoms with Crippen molar-refractivity contribution in [3.8, 4) is 6.07 Å². The van der Waals surface area contributed by atoms with Crippen LogP contribution >= 0.6 is 11.8 Å². The molecule has 0 bridgehead atoms. The first-order valence-corrected chi connectivity index (χ1v) is 12.2. The highest BCUT2D eigenvalue weighted by Crippen LogP contribution is 2.31. The summed E-state index contributed by atoms with van der Waals surface area (Å²) in [5.41, 5.74) is 1.83. The zero-order valence-corrected chi connectivity index (χ0v) is 18.6. The first-order valence-electron chi connectivity index (χ1n) is 11.2. The highest BCUT2D eigenvalue weighted by atomic mass is 32.2. The van der Waals surface area contributed by atoms with Crippen LogP contribution in [0.5, 0.6) is 0 Å². The van der Waals surface area contributed by atoms with E-state index >= 15 is 0 Å². The van der Waals surface area contributed by atoms with Crippen molar-refractivity contribution in [2.45, 2.75) is 57.4 Å². The maximum Gasteiger partial charge on any atom is 0.278 e. The number of likely N-dealkylation sites (tertiary alicyclic amines) is 1. The summed E-state index contributed by atoms with van der Waals surface area (Å²) in [6, 6.07) is 9.39. The molecule has 0 radical (unpaired) electrons. The Morgan fingerprint density at radius 3 is 2.42 bits per heavy atom. The minimum atomic E-state index is -0.0765. The topological polar surface area (TPSA) is 76.8 Å². The van der Waals surface area contributed by atoms with E-state index in [0.29, 0.717) is 22.2 Å². The summed E-state index contributed by atoms with van der Waals surface area (Å²) in [5.74, 6) is 0.370. The molecule has 2 fully saturated rings. The molecule has 2 amide bonds. The lowest BCUT2D eigenvalue weighted by molar-refractivity contribution is -0.127. The maximum atomic E-state index is 13.3. The van der Waals surface area contributed by atoms with E-state index in [-0.39, 0.29) is 17.9 Å². The molecule has 1 aromatic rings. The van der Waals surface area contributed by atoms with Crippen molar-refractivity contribution < 1.29 is 9.59 Å². The van der Waals surface area contributed by atoms with Crippen LogP contribution in [0.3, 0.4) is 0 Å². The summed E-state index contributed by atoms with van der Waals surface area (Å²) >= 11 is 1.39. The van der Waals surface area contributed by atoms with Gasteiger partial charge in [0.15, 0.2) is 5.17 Å². The van der Waals surface area contributed by atoms with E-state index in [4.69, 9.17) is 5.26 Å². The summed E-state index contributed by atoms with van der Waals surface area (Å²) < 4.78 is 0. The third kappa shape index (κ3) is 5.19. The fourth-order valence-electron chi connectivity index (χ4n) is 4.44. The number of amidine groups is 1. The molecule has 1 saturated heterocycles. The monoisotopic (exact) mass is 436 g/mol. The molecule has 3 aliphatic rings. The molecule has 0 atom stereocenters. The second-order valence-electron chi connectivity index (χ2n) is 8.35. The molecule has 1 aliphatic carbocycles. The van der Waals surface area contributed by atoms with E-state index < -0.39 is 0 Å². The SMILES string of the molecule is N#Cc1ccc(/C=C2\N=C(SCC(=O)N3CCCC3)N(C3CCCCCC3)C2=O)cc1. The molecular formula is C24H28N4O2S. The lowest BCUT2D eigenvalue weighted by atomic mass is 10.1. The first kappa shape index (κ1) is 21.6. The molecule has 1 saturated carbocycles. The number of thioether (sulfide) groups is 1. The van der Waals surface area contributed by atoms with Gasteiger partial charge in [0.05, 0.1) is 17.4 Å². The van der Waals surface area contributed by atoms with Gasteiger partial charge in [-0.15, -0.1) is 0 Å². The molecule has 0 spiro atoms. The first-order chi connectivity index (χ1) is 15.2. The van der Waals surface area contributed by atoms with Crippen LogP contribution in [-0.2, 0) is 9.59 Å². The predicted molar refractivity (Wildman–Crippen MR) is 123 cm³/mol. The number of nitriles is 1. The molecule has 0 aromatic heterocycles. The van der Waals surface area contributed by atoms with Crippen LogP contribution in [0, 0.1) is 11.3 Å². The van der Waals surface area contributed by atoms with Crippen LogP contribution in [-0.4, -0.2) is 51.7 Å². The Labute approximate surface area is 188 Å². The number of nitrogens with zero attached hydrogens (tertiary/aromatic N) is 4. The minimum Gasteiger partial charge on any atom is -0.342 e. The van der Waals surface area contributed by atoms with Crippen molar-refractivity contribution in [1.29, 1.82) is 5.26 Å². The second kappa shape index (κ2) is 10.1. The van der Waals surface area contributed by atoms with Gasteiger partial charge in [0.25, 0.3) is 5.91 Å². The van der Waals surface area contributed by atoms with Gasteiger partial charge in [-0.3, -0.25) is 14.5 Å². The molecule has 6 nitrogen and oxygen atoms in total. The standard InChI is InChI=1S/C24H28N4O2S/c25-16-19-11-9-18(10-12-19)15-21-23(30)28(20-7-3-1-2-4-8-20)24(26-21)31-17-22(29)27-13-5-6-14-27/h9-12,15,20H,1-8,13-14,17H2/b21-15-. The Bertz CT molecular complexity index is 918. The Kier molecular flexibility index (Phi) is 7.08. The van der Waals surface area contributed by atoms with Crippen LogP contribution in [0.25, 0.3) is 6.08 Å². The lowest BCUT2D eigenvalue weighted by Gasteiger charge is -2.27. The van der Waals surface area contributed by atoms with Crippen molar-refractivity contribution in [3.05, 3.63) is 41.1 Å². The molecule has 7 heteroatoms. The number of carbonyl (C=O) groups excluding carboxylic acids is 2. The van der Waals surface area contributed by atoms with E-state index in [0.717, 1.165) is 57.2 Å². The summed E-state index contributed by atoms with van der Waals surface area (Å²) in [4.78, 5) is 34.3. The molecule has 162 valence electrons. The largest absolute Gasteiger partial charge is 0.342 e. The Hall–Kier alpha value is -2.59. The van der Waals surface area contributed by atoms with E-state index in [1.807, 2.05) is 21.9 Å². The molecule has 1 aromatic carbocycles. The number of amides is 2. The van der Waals surface area contributed by atoms with Crippen LogP contribution < -0.4 is 0 Å². The van der Waals surface area contributed by atoms with Crippen molar-refractivity contribution in [1.82, 2.24) is 9.80 Å². The van der Waals surface area contributed by atoms with Crippen LogP contribution in [0.1, 0.15) is 62.5 Å². The third-order valence-corrected chi connectivity index (χ3v) is 7.11. The summed E-state index contributed by atoms with van der Waals surface area (Å²) in [6.45, 7) is 1.67.